The number of hydrogen-bond donors (Lipinski definition) is 1. The number of amides is 1. The van der Waals surface area contributed by atoms with Crippen LogP contribution in [0.2, 0.25) is 0 Å². The van der Waals surface area contributed by atoms with Crippen LogP contribution >= 0.6 is 0 Å². The summed E-state index contributed by atoms with van der Waals surface area (Å²) in [7, 11) is -3.04. The number of pyridine rings is 1. The van der Waals surface area contributed by atoms with E-state index in [-0.39, 0.29) is 34.3 Å². The van der Waals surface area contributed by atoms with E-state index in [0.717, 1.165) is 18.4 Å². The van der Waals surface area contributed by atoms with Crippen LogP contribution < -0.4 is 10.1 Å². The van der Waals surface area contributed by atoms with Gasteiger partial charge in [0.2, 0.25) is 0 Å². The molecule has 2 aromatic heterocycles. The smallest absolute Gasteiger partial charge is 0.387 e. The first-order chi connectivity index (χ1) is 16.9. The van der Waals surface area contributed by atoms with Crippen molar-refractivity contribution >= 4 is 15.7 Å². The van der Waals surface area contributed by atoms with E-state index >= 15 is 0 Å². The van der Waals surface area contributed by atoms with Crippen molar-refractivity contribution in [3.05, 3.63) is 35.0 Å². The highest BCUT2D eigenvalue weighted by atomic mass is 32.2. The number of rotatable bonds is 10. The van der Waals surface area contributed by atoms with Gasteiger partial charge in [-0.05, 0) is 62.5 Å². The molecular weight excluding hydrogens is 490 g/mol. The van der Waals surface area contributed by atoms with Gasteiger partial charge in [0.25, 0.3) is 5.91 Å². The fourth-order valence-corrected chi connectivity index (χ4v) is 5.92. The minimum Gasteiger partial charge on any atom is -0.431 e. The van der Waals surface area contributed by atoms with Crippen LogP contribution in [0.25, 0.3) is 5.82 Å². The zero-order chi connectivity index (χ0) is 26.6. The third-order valence-corrected chi connectivity index (χ3v) is 8.30. The number of nitrogens with one attached hydrogen (secondary N) is 1. The predicted octanol–water partition coefficient (Wildman–Crippen LogP) is 4.27. The number of sulfone groups is 1. The standard InChI is InChI=1S/C25H36F2N4O4S/c1-6-21-30-22(24(32)29-13-17-7-9-19(10-8-17)36(5,33)34)16(4)31(21)23-20(35-25(26)27)12-18(14-28-23)11-15(2)3/h12,14-15,17,19,25H,6-11,13H2,1-5H3,(H,29,32). The Balaban J connectivity index is 1.81. The number of carbonyl (C=O) groups is 1. The Morgan fingerprint density at radius 2 is 1.92 bits per heavy atom. The topological polar surface area (TPSA) is 103 Å². The SMILES string of the molecule is CCc1nc(C(=O)NCC2CCC(S(C)(=O)=O)CC2)c(C)n1-c1ncc(CC(C)C)cc1OC(F)F. The van der Waals surface area contributed by atoms with Gasteiger partial charge in [0.05, 0.1) is 10.9 Å². The molecule has 0 atom stereocenters. The molecule has 36 heavy (non-hydrogen) atoms. The number of aryl methyl sites for hydroxylation is 1. The van der Waals surface area contributed by atoms with Crippen molar-refractivity contribution in [1.29, 1.82) is 0 Å². The van der Waals surface area contributed by atoms with Crippen LogP contribution in [-0.2, 0) is 22.7 Å². The van der Waals surface area contributed by atoms with Crippen LogP contribution in [0.15, 0.2) is 12.3 Å². The maximum absolute atomic E-state index is 13.2. The zero-order valence-electron chi connectivity index (χ0n) is 21.6. The van der Waals surface area contributed by atoms with Crippen molar-refractivity contribution in [2.75, 3.05) is 12.8 Å². The molecule has 2 heterocycles. The van der Waals surface area contributed by atoms with Crippen molar-refractivity contribution < 1.29 is 26.7 Å². The molecule has 0 unspecified atom stereocenters. The van der Waals surface area contributed by atoms with Crippen molar-refractivity contribution in [3.63, 3.8) is 0 Å². The van der Waals surface area contributed by atoms with E-state index in [9.17, 15) is 22.0 Å². The molecule has 0 saturated heterocycles. The van der Waals surface area contributed by atoms with Crippen molar-refractivity contribution in [2.45, 2.75) is 78.1 Å². The molecule has 1 fully saturated rings. The largest absolute Gasteiger partial charge is 0.431 e. The molecule has 1 saturated carbocycles. The summed E-state index contributed by atoms with van der Waals surface area (Å²) >= 11 is 0. The van der Waals surface area contributed by atoms with Gasteiger partial charge >= 0.3 is 6.61 Å². The Morgan fingerprint density at radius 1 is 1.25 bits per heavy atom. The summed E-state index contributed by atoms with van der Waals surface area (Å²) in [6.45, 7) is 5.02. The van der Waals surface area contributed by atoms with Crippen LogP contribution in [0, 0.1) is 18.8 Å². The number of imidazole rings is 1. The van der Waals surface area contributed by atoms with Crippen LogP contribution in [0.4, 0.5) is 8.78 Å². The quantitative estimate of drug-likeness (QED) is 0.496. The lowest BCUT2D eigenvalue weighted by molar-refractivity contribution is -0.0501. The molecule has 11 heteroatoms. The number of nitrogens with zero attached hydrogens (tertiary/aromatic N) is 3. The molecule has 2 aromatic rings. The number of ether oxygens (including phenoxy) is 1. The highest BCUT2D eigenvalue weighted by Crippen LogP contribution is 2.30. The van der Waals surface area contributed by atoms with Gasteiger partial charge in [-0.2, -0.15) is 8.78 Å². The molecule has 8 nitrogen and oxygen atoms in total. The second-order valence-corrected chi connectivity index (χ2v) is 12.3. The number of hydrogen-bond acceptors (Lipinski definition) is 6. The van der Waals surface area contributed by atoms with Crippen LogP contribution in [0.1, 0.15) is 74.0 Å². The Hall–Kier alpha value is -2.56. The first-order valence-corrected chi connectivity index (χ1v) is 14.4. The average molecular weight is 527 g/mol. The van der Waals surface area contributed by atoms with Crippen molar-refractivity contribution in [2.24, 2.45) is 11.8 Å². The number of carbonyl (C=O) groups excluding carboxylic acids is 1. The normalized spacial score (nSPS) is 18.6. The summed E-state index contributed by atoms with van der Waals surface area (Å²) in [6.07, 6.45) is 6.67. The van der Waals surface area contributed by atoms with Gasteiger partial charge in [-0.15, -0.1) is 0 Å². The summed E-state index contributed by atoms with van der Waals surface area (Å²) in [5.41, 5.74) is 1.46. The van der Waals surface area contributed by atoms with Gasteiger partial charge in [-0.25, -0.2) is 18.4 Å². The monoisotopic (exact) mass is 526 g/mol. The van der Waals surface area contributed by atoms with E-state index in [1.54, 1.807) is 23.8 Å². The summed E-state index contributed by atoms with van der Waals surface area (Å²) < 4.78 is 56.4. The van der Waals surface area contributed by atoms with Gasteiger partial charge in [0.1, 0.15) is 21.4 Å². The molecule has 0 spiro atoms. The highest BCUT2D eigenvalue weighted by Gasteiger charge is 2.29. The Kier molecular flexibility index (Phi) is 9.08. The second kappa shape index (κ2) is 11.7. The maximum Gasteiger partial charge on any atom is 0.387 e. The number of aromatic nitrogens is 3. The maximum atomic E-state index is 13.2. The molecule has 1 amide bonds. The van der Waals surface area contributed by atoms with E-state index in [2.05, 4.69) is 15.3 Å². The number of halogens is 2. The van der Waals surface area contributed by atoms with E-state index in [0.29, 0.717) is 49.7 Å². The lowest BCUT2D eigenvalue weighted by atomic mass is 9.89. The van der Waals surface area contributed by atoms with E-state index in [4.69, 9.17) is 4.74 Å². The Labute approximate surface area is 211 Å². The van der Waals surface area contributed by atoms with Gasteiger partial charge in [0, 0.05) is 25.4 Å². The fraction of sp³-hybridized carbons (Fsp3) is 0.640. The third-order valence-electron chi connectivity index (χ3n) is 6.62. The van der Waals surface area contributed by atoms with Crippen LogP contribution in [-0.4, -0.2) is 53.5 Å². The van der Waals surface area contributed by atoms with E-state index < -0.39 is 16.4 Å². The molecule has 0 bridgehead atoms. The van der Waals surface area contributed by atoms with Crippen LogP contribution in [0.3, 0.4) is 0 Å². The molecule has 1 aliphatic rings. The summed E-state index contributed by atoms with van der Waals surface area (Å²) in [4.78, 5) is 21.9. The Bertz CT molecular complexity index is 1170. The minimum absolute atomic E-state index is 0.0621. The molecule has 0 aliphatic heterocycles. The minimum atomic E-state index is -3.04. The summed E-state index contributed by atoms with van der Waals surface area (Å²) in [6, 6.07) is 1.57. The van der Waals surface area contributed by atoms with E-state index in [1.165, 1.54) is 6.26 Å². The molecule has 0 radical (unpaired) electrons. The molecule has 3 rings (SSSR count). The Morgan fingerprint density at radius 3 is 2.47 bits per heavy atom. The predicted molar refractivity (Wildman–Crippen MR) is 134 cm³/mol. The van der Waals surface area contributed by atoms with Gasteiger partial charge < -0.3 is 10.1 Å². The van der Waals surface area contributed by atoms with Gasteiger partial charge in [0.15, 0.2) is 11.6 Å². The molecule has 0 aromatic carbocycles. The molecule has 200 valence electrons. The lowest BCUT2D eigenvalue weighted by Gasteiger charge is -2.27. The van der Waals surface area contributed by atoms with Crippen molar-refractivity contribution in [3.8, 4) is 11.6 Å². The van der Waals surface area contributed by atoms with Gasteiger partial charge in [-0.3, -0.25) is 9.36 Å². The summed E-state index contributed by atoms with van der Waals surface area (Å²) in [5.74, 6) is 0.764. The third kappa shape index (κ3) is 6.80. The zero-order valence-corrected chi connectivity index (χ0v) is 22.4. The van der Waals surface area contributed by atoms with Crippen molar-refractivity contribution in [1.82, 2.24) is 19.9 Å². The first-order valence-electron chi connectivity index (χ1n) is 12.4. The summed E-state index contributed by atoms with van der Waals surface area (Å²) in [5, 5.41) is 2.61. The number of alkyl halides is 2. The second-order valence-electron chi connectivity index (χ2n) is 9.98. The van der Waals surface area contributed by atoms with Gasteiger partial charge in [-0.1, -0.05) is 20.8 Å². The highest BCUT2D eigenvalue weighted by molar-refractivity contribution is 7.91. The van der Waals surface area contributed by atoms with E-state index in [1.807, 2.05) is 20.8 Å². The molecule has 1 aliphatic carbocycles. The molecule has 1 N–H and O–H groups in total. The lowest BCUT2D eigenvalue weighted by Crippen LogP contribution is -2.34. The molecular formula is C25H36F2N4O4S. The first kappa shape index (κ1) is 28.0. The average Bonchev–Trinajstić information content (AvgIpc) is 3.13. The fourth-order valence-electron chi connectivity index (χ4n) is 4.79. The van der Waals surface area contributed by atoms with Crippen LogP contribution in [0.5, 0.6) is 5.75 Å².